The molecule has 0 aliphatic rings. The zero-order chi connectivity index (χ0) is 15.0. The number of aromatic nitrogens is 5. The maximum Gasteiger partial charge on any atom is 0.166 e. The van der Waals surface area contributed by atoms with Gasteiger partial charge in [-0.1, -0.05) is 40.0 Å². The van der Waals surface area contributed by atoms with Gasteiger partial charge in [-0.05, 0) is 18.2 Å². The van der Waals surface area contributed by atoms with Gasteiger partial charge in [0.1, 0.15) is 16.7 Å². The van der Waals surface area contributed by atoms with Crippen molar-refractivity contribution in [1.82, 2.24) is 24.5 Å². The molecule has 21 heavy (non-hydrogen) atoms. The second-order valence-electron chi connectivity index (χ2n) is 4.21. The third-order valence-corrected chi connectivity index (χ3v) is 3.83. The summed E-state index contributed by atoms with van der Waals surface area (Å²) in [4.78, 5) is 3.88. The van der Waals surface area contributed by atoms with Crippen molar-refractivity contribution < 1.29 is 4.39 Å². The summed E-state index contributed by atoms with van der Waals surface area (Å²) in [6.45, 7) is 0.369. The lowest BCUT2D eigenvalue weighted by molar-refractivity contribution is 0.627. The minimum absolute atomic E-state index is 0.0222. The Labute approximate surface area is 133 Å². The van der Waals surface area contributed by atoms with Crippen molar-refractivity contribution in [2.24, 2.45) is 0 Å². The molecular formula is C12H7Cl3FN5. The fourth-order valence-corrected chi connectivity index (χ4v) is 2.23. The predicted molar refractivity (Wildman–Crippen MR) is 77.7 cm³/mol. The molecule has 0 saturated carbocycles. The summed E-state index contributed by atoms with van der Waals surface area (Å²) in [6.07, 6.45) is 3.20. The summed E-state index contributed by atoms with van der Waals surface area (Å²) in [5, 5.41) is 8.56. The molecule has 1 aromatic carbocycles. The van der Waals surface area contributed by atoms with E-state index in [9.17, 15) is 4.39 Å². The smallest absolute Gasteiger partial charge is 0.166 e. The second-order valence-corrected chi connectivity index (χ2v) is 5.33. The first-order valence-corrected chi connectivity index (χ1v) is 6.91. The molecule has 0 unspecified atom stereocenters. The van der Waals surface area contributed by atoms with E-state index in [1.807, 2.05) is 0 Å². The molecule has 0 saturated heterocycles. The van der Waals surface area contributed by atoms with Crippen LogP contribution in [-0.4, -0.2) is 24.5 Å². The predicted octanol–water partition coefficient (Wildman–Crippen LogP) is 3.61. The Morgan fingerprint density at radius 1 is 1.19 bits per heavy atom. The van der Waals surface area contributed by atoms with Gasteiger partial charge in [0.15, 0.2) is 5.15 Å². The lowest BCUT2D eigenvalue weighted by atomic mass is 10.3. The van der Waals surface area contributed by atoms with E-state index in [1.54, 1.807) is 16.8 Å². The fourth-order valence-electron chi connectivity index (χ4n) is 1.75. The number of halogens is 4. The standard InChI is InChI=1S/C12H7Cl3FN5/c13-9-3-8(1-2-10(9)16)21-5-7(18-19-21)4-20-6-17-11(14)12(20)15/h1-3,5-6H,4H2. The summed E-state index contributed by atoms with van der Waals surface area (Å²) in [5.74, 6) is -0.486. The summed E-state index contributed by atoms with van der Waals surface area (Å²) in [6, 6.07) is 4.29. The van der Waals surface area contributed by atoms with Crippen LogP contribution in [0.4, 0.5) is 4.39 Å². The van der Waals surface area contributed by atoms with E-state index < -0.39 is 5.82 Å². The molecule has 0 aliphatic carbocycles. The lowest BCUT2D eigenvalue weighted by Gasteiger charge is -2.01. The minimum Gasteiger partial charge on any atom is -0.314 e. The fraction of sp³-hybridized carbons (Fsp3) is 0.0833. The van der Waals surface area contributed by atoms with Crippen LogP contribution >= 0.6 is 34.8 Å². The number of rotatable bonds is 3. The Bertz CT molecular complexity index is 798. The van der Waals surface area contributed by atoms with Gasteiger partial charge in [0.05, 0.1) is 29.8 Å². The Hall–Kier alpha value is -1.63. The number of benzene rings is 1. The number of imidazole rings is 1. The minimum atomic E-state index is -0.486. The molecule has 9 heteroatoms. The molecule has 0 N–H and O–H groups in total. The maximum absolute atomic E-state index is 13.1. The summed E-state index contributed by atoms with van der Waals surface area (Å²) in [7, 11) is 0. The van der Waals surface area contributed by atoms with Gasteiger partial charge in [-0.2, -0.15) is 0 Å². The Morgan fingerprint density at radius 3 is 2.67 bits per heavy atom. The van der Waals surface area contributed by atoms with Crippen LogP contribution in [0.25, 0.3) is 5.69 Å². The highest BCUT2D eigenvalue weighted by molar-refractivity contribution is 6.40. The molecule has 5 nitrogen and oxygen atoms in total. The van der Waals surface area contributed by atoms with Gasteiger partial charge >= 0.3 is 0 Å². The molecule has 3 aromatic rings. The average molecular weight is 347 g/mol. The van der Waals surface area contributed by atoms with E-state index in [-0.39, 0.29) is 10.2 Å². The van der Waals surface area contributed by atoms with Crippen molar-refractivity contribution in [3.63, 3.8) is 0 Å². The normalized spacial score (nSPS) is 11.0. The molecule has 0 bridgehead atoms. The number of hydrogen-bond acceptors (Lipinski definition) is 3. The molecule has 0 amide bonds. The quantitative estimate of drug-likeness (QED) is 0.728. The van der Waals surface area contributed by atoms with E-state index in [2.05, 4.69) is 15.3 Å². The third kappa shape index (κ3) is 2.88. The van der Waals surface area contributed by atoms with Gasteiger partial charge in [-0.15, -0.1) is 5.10 Å². The Morgan fingerprint density at radius 2 is 2.00 bits per heavy atom. The van der Waals surface area contributed by atoms with Crippen LogP contribution in [0.5, 0.6) is 0 Å². The first-order chi connectivity index (χ1) is 10.0. The molecule has 108 valence electrons. The lowest BCUT2D eigenvalue weighted by Crippen LogP contribution is -1.98. The van der Waals surface area contributed by atoms with Gasteiger partial charge in [0.25, 0.3) is 0 Å². The molecule has 2 heterocycles. The molecular weight excluding hydrogens is 340 g/mol. The van der Waals surface area contributed by atoms with Crippen LogP contribution in [0.2, 0.25) is 15.3 Å². The van der Waals surface area contributed by atoms with Crippen LogP contribution in [0, 0.1) is 5.82 Å². The van der Waals surface area contributed by atoms with Crippen molar-refractivity contribution in [2.45, 2.75) is 6.54 Å². The largest absolute Gasteiger partial charge is 0.314 e. The van der Waals surface area contributed by atoms with Crippen LogP contribution in [-0.2, 0) is 6.54 Å². The highest BCUT2D eigenvalue weighted by atomic mass is 35.5. The highest BCUT2D eigenvalue weighted by Crippen LogP contribution is 2.21. The Kier molecular flexibility index (Phi) is 3.84. The summed E-state index contributed by atoms with van der Waals surface area (Å²) < 4.78 is 16.3. The zero-order valence-corrected chi connectivity index (χ0v) is 12.6. The molecule has 0 aliphatic heterocycles. The summed E-state index contributed by atoms with van der Waals surface area (Å²) >= 11 is 17.5. The van der Waals surface area contributed by atoms with E-state index in [0.717, 1.165) is 0 Å². The van der Waals surface area contributed by atoms with Crippen LogP contribution < -0.4 is 0 Å². The van der Waals surface area contributed by atoms with Crippen molar-refractivity contribution in [2.75, 3.05) is 0 Å². The molecule has 3 rings (SSSR count). The van der Waals surface area contributed by atoms with Gasteiger partial charge in [0.2, 0.25) is 0 Å². The molecule has 0 atom stereocenters. The van der Waals surface area contributed by atoms with E-state index in [4.69, 9.17) is 34.8 Å². The monoisotopic (exact) mass is 345 g/mol. The van der Waals surface area contributed by atoms with E-state index in [0.29, 0.717) is 23.1 Å². The maximum atomic E-state index is 13.1. The highest BCUT2D eigenvalue weighted by Gasteiger charge is 2.10. The van der Waals surface area contributed by atoms with Crippen molar-refractivity contribution >= 4 is 34.8 Å². The SMILES string of the molecule is Fc1ccc(-n2cc(Cn3cnc(Cl)c3Cl)nn2)cc1Cl. The van der Waals surface area contributed by atoms with Crippen LogP contribution in [0.3, 0.4) is 0 Å². The third-order valence-electron chi connectivity index (χ3n) is 2.77. The van der Waals surface area contributed by atoms with Crippen molar-refractivity contribution in [3.8, 4) is 5.69 Å². The average Bonchev–Trinajstić information content (AvgIpc) is 3.04. The Balaban J connectivity index is 1.86. The van der Waals surface area contributed by atoms with Gasteiger partial charge in [0, 0.05) is 0 Å². The van der Waals surface area contributed by atoms with Crippen LogP contribution in [0.15, 0.2) is 30.7 Å². The molecule has 0 spiro atoms. The molecule has 0 radical (unpaired) electrons. The van der Waals surface area contributed by atoms with Gasteiger partial charge in [-0.3, -0.25) is 0 Å². The number of hydrogen-bond donors (Lipinski definition) is 0. The second kappa shape index (κ2) is 5.63. The van der Waals surface area contributed by atoms with E-state index >= 15 is 0 Å². The summed E-state index contributed by atoms with van der Waals surface area (Å²) in [5.41, 5.74) is 1.25. The van der Waals surface area contributed by atoms with Crippen LogP contribution in [0.1, 0.15) is 5.69 Å². The first-order valence-electron chi connectivity index (χ1n) is 5.77. The topological polar surface area (TPSA) is 48.5 Å². The van der Waals surface area contributed by atoms with Gasteiger partial charge in [-0.25, -0.2) is 14.1 Å². The molecule has 2 aromatic heterocycles. The van der Waals surface area contributed by atoms with E-state index in [1.165, 1.54) is 23.1 Å². The van der Waals surface area contributed by atoms with Gasteiger partial charge < -0.3 is 4.57 Å². The van der Waals surface area contributed by atoms with Crippen molar-refractivity contribution in [1.29, 1.82) is 0 Å². The molecule has 0 fully saturated rings. The van der Waals surface area contributed by atoms with Crippen molar-refractivity contribution in [3.05, 3.63) is 57.6 Å². The zero-order valence-electron chi connectivity index (χ0n) is 10.3. The first kappa shape index (κ1) is 14.3. The number of nitrogens with zero attached hydrogens (tertiary/aromatic N) is 5.